The number of hydrogen-bond acceptors (Lipinski definition) is 3. The lowest BCUT2D eigenvalue weighted by Gasteiger charge is -2.29. The van der Waals surface area contributed by atoms with E-state index < -0.39 is 10.0 Å². The summed E-state index contributed by atoms with van der Waals surface area (Å²) >= 11 is 0. The first-order valence-corrected chi connectivity index (χ1v) is 11.0. The summed E-state index contributed by atoms with van der Waals surface area (Å²) in [5.74, 6) is -0.298. The standard InChI is InChI=1S/C18H23FN4O3S/c1-27(25,26)23-7-2-3-13(23)10-20-18(24)22-8-6-17-15(11-22)14-9-12(19)4-5-16(14)21-17/h4-5,9,13,21H,2-3,6-8,10-11H2,1H3,(H,20,24)/t13-/m1/s1. The van der Waals surface area contributed by atoms with Crippen LogP contribution >= 0.6 is 0 Å². The number of carbonyl (C=O) groups excluding carboxylic acids is 1. The van der Waals surface area contributed by atoms with Crippen LogP contribution in [-0.2, 0) is 23.0 Å². The lowest BCUT2D eigenvalue weighted by atomic mass is 10.0. The van der Waals surface area contributed by atoms with Crippen LogP contribution < -0.4 is 5.32 Å². The van der Waals surface area contributed by atoms with Crippen LogP contribution in [0.25, 0.3) is 10.9 Å². The predicted molar refractivity (Wildman–Crippen MR) is 100 cm³/mol. The zero-order valence-electron chi connectivity index (χ0n) is 15.2. The van der Waals surface area contributed by atoms with E-state index in [1.54, 1.807) is 11.0 Å². The smallest absolute Gasteiger partial charge is 0.317 e. The summed E-state index contributed by atoms with van der Waals surface area (Å²) in [7, 11) is -3.26. The van der Waals surface area contributed by atoms with Crippen molar-refractivity contribution in [2.24, 2.45) is 0 Å². The van der Waals surface area contributed by atoms with E-state index in [1.165, 1.54) is 22.7 Å². The number of rotatable bonds is 3. The lowest BCUT2D eigenvalue weighted by molar-refractivity contribution is 0.190. The van der Waals surface area contributed by atoms with Gasteiger partial charge in [-0.05, 0) is 31.0 Å². The van der Waals surface area contributed by atoms with E-state index >= 15 is 0 Å². The minimum atomic E-state index is -3.26. The van der Waals surface area contributed by atoms with Crippen molar-refractivity contribution < 1.29 is 17.6 Å². The van der Waals surface area contributed by atoms with Gasteiger partial charge in [-0.2, -0.15) is 4.31 Å². The van der Waals surface area contributed by atoms with Crippen molar-refractivity contribution in [3.8, 4) is 0 Å². The summed E-state index contributed by atoms with van der Waals surface area (Å²) < 4.78 is 38.7. The van der Waals surface area contributed by atoms with Crippen molar-refractivity contribution in [3.63, 3.8) is 0 Å². The molecule has 27 heavy (non-hydrogen) atoms. The SMILES string of the molecule is CS(=O)(=O)N1CCC[C@@H]1CNC(=O)N1CCc2[nH]c3ccc(F)cc3c2C1. The van der Waals surface area contributed by atoms with Gasteiger partial charge in [0.1, 0.15) is 5.82 Å². The fraction of sp³-hybridized carbons (Fsp3) is 0.500. The fourth-order valence-electron chi connectivity index (χ4n) is 4.13. The number of aromatic nitrogens is 1. The monoisotopic (exact) mass is 394 g/mol. The van der Waals surface area contributed by atoms with Gasteiger partial charge >= 0.3 is 6.03 Å². The number of benzene rings is 1. The topological polar surface area (TPSA) is 85.5 Å². The van der Waals surface area contributed by atoms with Gasteiger partial charge in [0.2, 0.25) is 10.0 Å². The molecule has 4 rings (SSSR count). The molecule has 1 saturated heterocycles. The molecule has 0 saturated carbocycles. The average Bonchev–Trinajstić information content (AvgIpc) is 3.23. The Hall–Kier alpha value is -2.13. The number of aromatic amines is 1. The highest BCUT2D eigenvalue weighted by Crippen LogP contribution is 2.28. The molecule has 0 bridgehead atoms. The number of nitrogens with zero attached hydrogens (tertiary/aromatic N) is 2. The second-order valence-corrected chi connectivity index (χ2v) is 9.23. The van der Waals surface area contributed by atoms with Crippen LogP contribution in [0.4, 0.5) is 9.18 Å². The zero-order valence-corrected chi connectivity index (χ0v) is 16.0. The fourth-order valence-corrected chi connectivity index (χ4v) is 5.31. The van der Waals surface area contributed by atoms with Crippen molar-refractivity contribution >= 4 is 27.0 Å². The summed E-state index contributed by atoms with van der Waals surface area (Å²) in [5.41, 5.74) is 2.86. The molecule has 1 atom stereocenters. The molecule has 0 unspecified atom stereocenters. The highest BCUT2D eigenvalue weighted by Gasteiger charge is 2.32. The Morgan fingerprint density at radius 2 is 2.19 bits per heavy atom. The first-order chi connectivity index (χ1) is 12.8. The largest absolute Gasteiger partial charge is 0.358 e. The Morgan fingerprint density at radius 3 is 2.96 bits per heavy atom. The number of sulfonamides is 1. The lowest BCUT2D eigenvalue weighted by Crippen LogP contribution is -2.48. The molecule has 0 radical (unpaired) electrons. The van der Waals surface area contributed by atoms with E-state index in [0.717, 1.165) is 35.0 Å². The number of hydrogen-bond donors (Lipinski definition) is 2. The van der Waals surface area contributed by atoms with Crippen LogP contribution in [-0.4, -0.2) is 60.6 Å². The Bertz CT molecular complexity index is 988. The number of fused-ring (bicyclic) bond motifs is 3. The summed E-state index contributed by atoms with van der Waals surface area (Å²) in [6.07, 6.45) is 3.44. The van der Waals surface area contributed by atoms with Crippen molar-refractivity contribution in [3.05, 3.63) is 35.3 Å². The molecule has 2 aromatic rings. The third-order valence-electron chi connectivity index (χ3n) is 5.46. The highest BCUT2D eigenvalue weighted by molar-refractivity contribution is 7.88. The molecule has 9 heteroatoms. The molecule has 146 valence electrons. The third kappa shape index (κ3) is 3.53. The average molecular weight is 394 g/mol. The second kappa shape index (κ2) is 6.79. The molecule has 2 amide bonds. The van der Waals surface area contributed by atoms with Crippen LogP contribution in [0.3, 0.4) is 0 Å². The van der Waals surface area contributed by atoms with Crippen molar-refractivity contribution in [1.29, 1.82) is 0 Å². The van der Waals surface area contributed by atoms with E-state index in [0.29, 0.717) is 32.6 Å². The summed E-state index contributed by atoms with van der Waals surface area (Å²) in [5, 5.41) is 3.68. The molecule has 1 fully saturated rings. The normalized spacial score (nSPS) is 20.8. The number of carbonyl (C=O) groups is 1. The molecule has 2 aliphatic heterocycles. The van der Waals surface area contributed by atoms with Crippen LogP contribution in [0.5, 0.6) is 0 Å². The zero-order chi connectivity index (χ0) is 19.2. The van der Waals surface area contributed by atoms with Crippen molar-refractivity contribution in [2.75, 3.05) is 25.9 Å². The van der Waals surface area contributed by atoms with Gasteiger partial charge in [-0.25, -0.2) is 17.6 Å². The van der Waals surface area contributed by atoms with Gasteiger partial charge in [-0.1, -0.05) is 0 Å². The Labute approximate surface area is 157 Å². The molecular formula is C18H23FN4O3S. The number of halogens is 1. The van der Waals surface area contributed by atoms with Gasteiger partial charge in [0.05, 0.1) is 6.26 Å². The number of amides is 2. The molecule has 2 aliphatic rings. The molecule has 2 N–H and O–H groups in total. The van der Waals surface area contributed by atoms with E-state index in [-0.39, 0.29) is 17.9 Å². The minimum absolute atomic E-state index is 0.188. The number of H-pyrrole nitrogens is 1. The molecule has 0 spiro atoms. The molecule has 1 aromatic carbocycles. The van der Waals surface area contributed by atoms with Gasteiger partial charge in [-0.15, -0.1) is 0 Å². The molecular weight excluding hydrogens is 371 g/mol. The molecule has 7 nitrogen and oxygen atoms in total. The third-order valence-corrected chi connectivity index (χ3v) is 6.80. The van der Waals surface area contributed by atoms with Crippen molar-refractivity contribution in [2.45, 2.75) is 31.8 Å². The minimum Gasteiger partial charge on any atom is -0.358 e. The van der Waals surface area contributed by atoms with Gasteiger partial charge in [0.25, 0.3) is 0 Å². The second-order valence-electron chi connectivity index (χ2n) is 7.30. The van der Waals surface area contributed by atoms with Gasteiger partial charge in [-0.3, -0.25) is 0 Å². The summed E-state index contributed by atoms with van der Waals surface area (Å²) in [6.45, 7) is 1.78. The highest BCUT2D eigenvalue weighted by atomic mass is 32.2. The maximum atomic E-state index is 13.6. The molecule has 0 aliphatic carbocycles. The van der Waals surface area contributed by atoms with Crippen LogP contribution in [0.1, 0.15) is 24.1 Å². The van der Waals surface area contributed by atoms with Crippen LogP contribution in [0, 0.1) is 5.82 Å². The van der Waals surface area contributed by atoms with Gasteiger partial charge in [0, 0.05) is 60.8 Å². The van der Waals surface area contributed by atoms with Crippen molar-refractivity contribution in [1.82, 2.24) is 19.5 Å². The number of urea groups is 1. The predicted octanol–water partition coefficient (Wildman–Crippen LogP) is 1.80. The molecule has 1 aromatic heterocycles. The van der Waals surface area contributed by atoms with E-state index in [9.17, 15) is 17.6 Å². The van der Waals surface area contributed by atoms with E-state index in [2.05, 4.69) is 10.3 Å². The summed E-state index contributed by atoms with van der Waals surface area (Å²) in [6, 6.07) is 4.23. The summed E-state index contributed by atoms with van der Waals surface area (Å²) in [4.78, 5) is 17.6. The van der Waals surface area contributed by atoms with Crippen LogP contribution in [0.2, 0.25) is 0 Å². The van der Waals surface area contributed by atoms with E-state index in [1.807, 2.05) is 0 Å². The first kappa shape index (κ1) is 18.2. The Kier molecular flexibility index (Phi) is 4.59. The Morgan fingerprint density at radius 1 is 1.37 bits per heavy atom. The maximum Gasteiger partial charge on any atom is 0.317 e. The first-order valence-electron chi connectivity index (χ1n) is 9.11. The molecule has 3 heterocycles. The maximum absolute atomic E-state index is 13.6. The van der Waals surface area contributed by atoms with E-state index in [4.69, 9.17) is 0 Å². The Balaban J connectivity index is 1.44. The quantitative estimate of drug-likeness (QED) is 0.832. The van der Waals surface area contributed by atoms with Gasteiger partial charge < -0.3 is 15.2 Å². The van der Waals surface area contributed by atoms with Gasteiger partial charge in [0.15, 0.2) is 0 Å². The number of nitrogens with one attached hydrogen (secondary N) is 2. The van der Waals surface area contributed by atoms with Crippen LogP contribution in [0.15, 0.2) is 18.2 Å².